The van der Waals surface area contributed by atoms with Gasteiger partial charge in [0.1, 0.15) is 0 Å². The van der Waals surface area contributed by atoms with Crippen LogP contribution in [0.25, 0.3) is 0 Å². The lowest BCUT2D eigenvalue weighted by atomic mass is 9.71. The molecule has 0 spiro atoms. The van der Waals surface area contributed by atoms with E-state index in [1.54, 1.807) is 21.1 Å². The number of piperidine rings is 2. The van der Waals surface area contributed by atoms with Gasteiger partial charge in [-0.2, -0.15) is 25.1 Å². The molecule has 3 atom stereocenters. The van der Waals surface area contributed by atoms with E-state index in [2.05, 4.69) is 95.3 Å². The molecule has 0 saturated carbocycles. The van der Waals surface area contributed by atoms with Crippen molar-refractivity contribution in [2.45, 2.75) is 168 Å². The van der Waals surface area contributed by atoms with Crippen LogP contribution >= 0.6 is 0 Å². The van der Waals surface area contributed by atoms with Crippen LogP contribution in [-0.4, -0.2) is 91.3 Å². The number of anilines is 3. The van der Waals surface area contributed by atoms with Crippen molar-refractivity contribution in [1.29, 1.82) is 0 Å². The normalized spacial score (nSPS) is 24.1. The summed E-state index contributed by atoms with van der Waals surface area (Å²) in [6, 6.07) is 0.387. The van der Waals surface area contributed by atoms with Crippen molar-refractivity contribution in [1.82, 2.24) is 25.1 Å². The SMILES string of the molecule is CCCC(Nc1nc(NCC(C)O)nc(NC(CCC)C2CC(C)(C)N(OC)C(C)(C)C2)n1)C1CC(C)(C)N(OC)C(C)(C)C1. The zero-order valence-electron chi connectivity index (χ0n) is 30.8. The molecule has 3 rings (SSSR count). The number of aliphatic hydroxyl groups excluding tert-OH is 1. The Kier molecular flexibility index (Phi) is 12.5. The summed E-state index contributed by atoms with van der Waals surface area (Å²) < 4.78 is 0. The third-order valence-electron chi connectivity index (χ3n) is 9.77. The van der Waals surface area contributed by atoms with Crippen LogP contribution in [0.3, 0.4) is 0 Å². The monoisotopic (exact) mass is 635 g/mol. The third kappa shape index (κ3) is 9.40. The molecule has 2 aliphatic heterocycles. The van der Waals surface area contributed by atoms with Crippen molar-refractivity contribution in [3.8, 4) is 0 Å². The van der Waals surface area contributed by atoms with E-state index < -0.39 is 6.10 Å². The number of hydroxylamine groups is 4. The molecule has 3 unspecified atom stereocenters. The van der Waals surface area contributed by atoms with Crippen LogP contribution in [0.1, 0.15) is 128 Å². The molecule has 4 N–H and O–H groups in total. The first kappa shape index (κ1) is 37.7. The number of nitrogens with one attached hydrogen (secondary N) is 3. The molecule has 45 heavy (non-hydrogen) atoms. The van der Waals surface area contributed by atoms with E-state index in [9.17, 15) is 5.11 Å². The van der Waals surface area contributed by atoms with Gasteiger partial charge in [0.25, 0.3) is 0 Å². The highest BCUT2D eigenvalue weighted by Gasteiger charge is 2.49. The Balaban J connectivity index is 1.94. The number of nitrogens with zero attached hydrogens (tertiary/aromatic N) is 5. The van der Waals surface area contributed by atoms with E-state index in [1.807, 2.05) is 0 Å². The highest BCUT2D eigenvalue weighted by Crippen LogP contribution is 2.45. The van der Waals surface area contributed by atoms with Gasteiger partial charge in [0.15, 0.2) is 0 Å². The Hall–Kier alpha value is -1.79. The smallest absolute Gasteiger partial charge is 0.229 e. The fourth-order valence-corrected chi connectivity index (χ4v) is 8.87. The maximum atomic E-state index is 10.0. The molecule has 2 fully saturated rings. The van der Waals surface area contributed by atoms with E-state index in [0.717, 1.165) is 51.4 Å². The zero-order chi connectivity index (χ0) is 33.8. The summed E-state index contributed by atoms with van der Waals surface area (Å²) >= 11 is 0. The molecule has 0 aliphatic carbocycles. The molecule has 3 heterocycles. The fourth-order valence-electron chi connectivity index (χ4n) is 8.87. The van der Waals surface area contributed by atoms with Gasteiger partial charge >= 0.3 is 0 Å². The summed E-state index contributed by atoms with van der Waals surface area (Å²) in [6.45, 7) is 24.7. The van der Waals surface area contributed by atoms with Crippen LogP contribution in [0.4, 0.5) is 17.8 Å². The minimum atomic E-state index is -0.527. The number of rotatable bonds is 15. The molecule has 0 amide bonds. The van der Waals surface area contributed by atoms with E-state index in [0.29, 0.717) is 36.2 Å². The first-order valence-electron chi connectivity index (χ1n) is 17.3. The second-order valence-corrected chi connectivity index (χ2v) is 16.2. The number of aromatic nitrogens is 3. The van der Waals surface area contributed by atoms with Gasteiger partial charge in [-0.3, -0.25) is 0 Å². The summed E-state index contributed by atoms with van der Waals surface area (Å²) in [5.74, 6) is 2.41. The van der Waals surface area contributed by atoms with Crippen molar-refractivity contribution in [2.24, 2.45) is 11.8 Å². The van der Waals surface area contributed by atoms with Crippen LogP contribution in [0.15, 0.2) is 0 Å². The minimum Gasteiger partial charge on any atom is -0.392 e. The zero-order valence-corrected chi connectivity index (χ0v) is 30.8. The number of aliphatic hydroxyl groups is 1. The van der Waals surface area contributed by atoms with Gasteiger partial charge in [0, 0.05) is 40.8 Å². The first-order chi connectivity index (χ1) is 20.9. The van der Waals surface area contributed by atoms with Crippen molar-refractivity contribution >= 4 is 17.8 Å². The maximum absolute atomic E-state index is 10.0. The Morgan fingerprint density at radius 3 is 1.31 bits per heavy atom. The van der Waals surface area contributed by atoms with Crippen LogP contribution in [-0.2, 0) is 9.68 Å². The average molecular weight is 635 g/mol. The molecule has 2 aliphatic rings. The topological polar surface area (TPSA) is 120 Å². The molecule has 1 aromatic heterocycles. The van der Waals surface area contributed by atoms with Gasteiger partial charge in [-0.05, 0) is 113 Å². The summed E-state index contributed by atoms with van der Waals surface area (Å²) in [7, 11) is 3.56. The van der Waals surface area contributed by atoms with E-state index in [1.165, 1.54) is 0 Å². The molecule has 2 saturated heterocycles. The first-order valence-corrected chi connectivity index (χ1v) is 17.3. The Labute approximate surface area is 273 Å². The fraction of sp³-hybridized carbons (Fsp3) is 0.912. The number of hydrogen-bond acceptors (Lipinski definition) is 11. The maximum Gasteiger partial charge on any atom is 0.229 e. The summed E-state index contributed by atoms with van der Waals surface area (Å²) in [5.41, 5.74) is -0.453. The molecule has 11 heteroatoms. The lowest BCUT2D eigenvalue weighted by Gasteiger charge is -2.54. The molecule has 260 valence electrons. The van der Waals surface area contributed by atoms with Gasteiger partial charge in [-0.1, -0.05) is 26.7 Å². The van der Waals surface area contributed by atoms with Crippen molar-refractivity contribution in [3.63, 3.8) is 0 Å². The molecular formula is C34H66N8O3. The van der Waals surface area contributed by atoms with Gasteiger partial charge in [0.2, 0.25) is 17.8 Å². The Morgan fingerprint density at radius 1 is 0.689 bits per heavy atom. The van der Waals surface area contributed by atoms with Crippen molar-refractivity contribution in [3.05, 3.63) is 0 Å². The van der Waals surface area contributed by atoms with Gasteiger partial charge in [0.05, 0.1) is 20.3 Å². The quantitative estimate of drug-likeness (QED) is 0.170. The second-order valence-electron chi connectivity index (χ2n) is 16.2. The van der Waals surface area contributed by atoms with Crippen LogP contribution in [0, 0.1) is 11.8 Å². The summed E-state index contributed by atoms with van der Waals surface area (Å²) in [5, 5.41) is 25.1. The average Bonchev–Trinajstić information content (AvgIpc) is 2.89. The number of hydrogen-bond donors (Lipinski definition) is 4. The van der Waals surface area contributed by atoms with Gasteiger partial charge in [-0.15, -0.1) is 0 Å². The molecule has 1 aromatic rings. The van der Waals surface area contributed by atoms with Crippen LogP contribution < -0.4 is 16.0 Å². The Bertz CT molecular complexity index is 969. The molecule has 0 bridgehead atoms. The minimum absolute atomic E-state index is 0.113. The van der Waals surface area contributed by atoms with Crippen LogP contribution in [0.2, 0.25) is 0 Å². The lowest BCUT2D eigenvalue weighted by molar-refractivity contribution is -0.272. The highest BCUT2D eigenvalue weighted by atomic mass is 16.7. The van der Waals surface area contributed by atoms with E-state index in [4.69, 9.17) is 24.6 Å². The van der Waals surface area contributed by atoms with E-state index >= 15 is 0 Å². The predicted octanol–water partition coefficient (Wildman–Crippen LogP) is 6.49. The van der Waals surface area contributed by atoms with E-state index in [-0.39, 0.29) is 34.2 Å². The molecular weight excluding hydrogens is 568 g/mol. The predicted molar refractivity (Wildman–Crippen MR) is 184 cm³/mol. The Morgan fingerprint density at radius 2 is 1.02 bits per heavy atom. The molecule has 0 aromatic carbocycles. The molecule has 0 radical (unpaired) electrons. The van der Waals surface area contributed by atoms with Crippen LogP contribution in [0.5, 0.6) is 0 Å². The van der Waals surface area contributed by atoms with Crippen molar-refractivity contribution < 1.29 is 14.8 Å². The largest absolute Gasteiger partial charge is 0.392 e. The van der Waals surface area contributed by atoms with Gasteiger partial charge < -0.3 is 30.7 Å². The third-order valence-corrected chi connectivity index (χ3v) is 9.77. The summed E-state index contributed by atoms with van der Waals surface area (Å²) in [4.78, 5) is 26.4. The molecule has 11 nitrogen and oxygen atoms in total. The van der Waals surface area contributed by atoms with Gasteiger partial charge in [-0.25, -0.2) is 0 Å². The lowest BCUT2D eigenvalue weighted by Crippen LogP contribution is -2.61. The highest BCUT2D eigenvalue weighted by molar-refractivity contribution is 5.43. The standard InChI is InChI=1S/C34H66N8O3/c1-14-16-26(24-18-31(4,5)41(44-12)32(6,7)19-24)36-29-38-28(35-22-23(3)43)39-30(40-29)37-27(17-15-2)25-20-33(8,9)42(45-13)34(10,11)21-25/h23-27,43H,14-22H2,1-13H3,(H3,35,36,37,38,39,40). The second kappa shape index (κ2) is 15.0. The van der Waals surface area contributed by atoms with Crippen molar-refractivity contribution in [2.75, 3.05) is 36.7 Å². The summed E-state index contributed by atoms with van der Waals surface area (Å²) in [6.07, 6.45) is 7.58.